The highest BCUT2D eigenvalue weighted by Gasteiger charge is 2.23. The van der Waals surface area contributed by atoms with Crippen molar-refractivity contribution in [3.8, 4) is 0 Å². The number of nitrogens with one attached hydrogen (secondary N) is 2. The number of rotatable bonds is 6. The highest BCUT2D eigenvalue weighted by molar-refractivity contribution is 5.85. The molecule has 24 heavy (non-hydrogen) atoms. The molecule has 2 unspecified atom stereocenters. The maximum Gasteiger partial charge on any atom is 0.0224 e. The topological polar surface area (TPSA) is 24.1 Å². The minimum atomic E-state index is 0. The van der Waals surface area contributed by atoms with E-state index < -0.39 is 0 Å². The van der Waals surface area contributed by atoms with Gasteiger partial charge in [-0.2, -0.15) is 0 Å². The van der Waals surface area contributed by atoms with Crippen LogP contribution in [-0.2, 0) is 13.1 Å². The maximum absolute atomic E-state index is 3.76. The Morgan fingerprint density at radius 2 is 1.00 bits per heavy atom. The molecule has 3 rings (SSSR count). The SMILES string of the molecule is Cl.Cl.c1ccc(CNC2CCCCC2NCc2ccccc2)cc1. The standard InChI is InChI=1S/C20H26N2.2ClH/c1-3-9-17(10-4-1)15-21-19-13-7-8-14-20(19)22-16-18-11-5-2-6-12-18;;/h1-6,9-12,19-22H,7-8,13-16H2;2*1H. The van der Waals surface area contributed by atoms with Crippen molar-refractivity contribution in [2.24, 2.45) is 0 Å². The number of benzene rings is 2. The van der Waals surface area contributed by atoms with Gasteiger partial charge in [0.1, 0.15) is 0 Å². The van der Waals surface area contributed by atoms with Crippen LogP contribution < -0.4 is 10.6 Å². The molecule has 0 bridgehead atoms. The maximum atomic E-state index is 3.76. The Balaban J connectivity index is 0.00000144. The van der Waals surface area contributed by atoms with Crippen LogP contribution in [0.3, 0.4) is 0 Å². The molecule has 0 radical (unpaired) electrons. The predicted octanol–water partition coefficient (Wildman–Crippen LogP) is 4.72. The molecule has 4 heteroatoms. The van der Waals surface area contributed by atoms with E-state index in [-0.39, 0.29) is 24.8 Å². The molecule has 2 aromatic carbocycles. The zero-order valence-corrected chi connectivity index (χ0v) is 15.6. The van der Waals surface area contributed by atoms with Gasteiger partial charge in [-0.1, -0.05) is 73.5 Å². The van der Waals surface area contributed by atoms with Gasteiger partial charge >= 0.3 is 0 Å². The van der Waals surface area contributed by atoms with E-state index in [1.165, 1.54) is 36.8 Å². The summed E-state index contributed by atoms with van der Waals surface area (Å²) in [6.07, 6.45) is 5.24. The summed E-state index contributed by atoms with van der Waals surface area (Å²) in [6, 6.07) is 22.6. The molecule has 1 fully saturated rings. The minimum absolute atomic E-state index is 0. The lowest BCUT2D eigenvalue weighted by Crippen LogP contribution is -2.49. The Morgan fingerprint density at radius 1 is 0.625 bits per heavy atom. The summed E-state index contributed by atoms with van der Waals surface area (Å²) in [6.45, 7) is 1.93. The lowest BCUT2D eigenvalue weighted by atomic mass is 9.90. The van der Waals surface area contributed by atoms with E-state index in [2.05, 4.69) is 71.3 Å². The summed E-state index contributed by atoms with van der Waals surface area (Å²) in [5, 5.41) is 7.52. The molecule has 2 N–H and O–H groups in total. The van der Waals surface area contributed by atoms with Crippen LogP contribution in [0.15, 0.2) is 60.7 Å². The van der Waals surface area contributed by atoms with Gasteiger partial charge in [-0.05, 0) is 24.0 Å². The molecule has 0 amide bonds. The Hall–Kier alpha value is -1.06. The summed E-state index contributed by atoms with van der Waals surface area (Å²) in [7, 11) is 0. The number of halogens is 2. The van der Waals surface area contributed by atoms with Crippen molar-refractivity contribution in [3.63, 3.8) is 0 Å². The number of hydrogen-bond acceptors (Lipinski definition) is 2. The molecular weight excluding hydrogens is 339 g/mol. The third-order valence-electron chi connectivity index (χ3n) is 4.59. The van der Waals surface area contributed by atoms with Gasteiger partial charge < -0.3 is 10.6 Å². The van der Waals surface area contributed by atoms with Crippen LogP contribution in [0, 0.1) is 0 Å². The van der Waals surface area contributed by atoms with Gasteiger partial charge in [0.05, 0.1) is 0 Å². The highest BCUT2D eigenvalue weighted by atomic mass is 35.5. The third kappa shape index (κ3) is 6.45. The second-order valence-corrected chi connectivity index (χ2v) is 6.23. The van der Waals surface area contributed by atoms with Crippen molar-refractivity contribution >= 4 is 24.8 Å². The minimum Gasteiger partial charge on any atom is -0.308 e. The van der Waals surface area contributed by atoms with Crippen molar-refractivity contribution < 1.29 is 0 Å². The quantitative estimate of drug-likeness (QED) is 0.772. The molecule has 0 aliphatic heterocycles. The fourth-order valence-corrected chi connectivity index (χ4v) is 3.31. The van der Waals surface area contributed by atoms with Crippen molar-refractivity contribution in [1.82, 2.24) is 10.6 Å². The second-order valence-electron chi connectivity index (χ2n) is 6.23. The third-order valence-corrected chi connectivity index (χ3v) is 4.59. The molecule has 2 aromatic rings. The summed E-state index contributed by atoms with van der Waals surface area (Å²) >= 11 is 0. The lowest BCUT2D eigenvalue weighted by Gasteiger charge is -2.33. The first-order valence-corrected chi connectivity index (χ1v) is 8.46. The van der Waals surface area contributed by atoms with Gasteiger partial charge in [0.15, 0.2) is 0 Å². The molecule has 1 aliphatic carbocycles. The normalized spacial score (nSPS) is 19.8. The van der Waals surface area contributed by atoms with Crippen LogP contribution >= 0.6 is 24.8 Å². The molecule has 0 spiro atoms. The first kappa shape index (κ1) is 21.0. The first-order valence-electron chi connectivity index (χ1n) is 8.46. The lowest BCUT2D eigenvalue weighted by molar-refractivity contribution is 0.281. The van der Waals surface area contributed by atoms with E-state index in [0.717, 1.165) is 13.1 Å². The Morgan fingerprint density at radius 3 is 1.38 bits per heavy atom. The van der Waals surface area contributed by atoms with E-state index in [9.17, 15) is 0 Å². The number of hydrogen-bond donors (Lipinski definition) is 2. The summed E-state index contributed by atoms with van der Waals surface area (Å²) in [5.41, 5.74) is 2.74. The van der Waals surface area contributed by atoms with E-state index in [1.54, 1.807) is 0 Å². The highest BCUT2D eigenvalue weighted by Crippen LogP contribution is 2.19. The molecule has 1 aliphatic rings. The van der Waals surface area contributed by atoms with Crippen molar-refractivity contribution in [2.45, 2.75) is 50.9 Å². The fourth-order valence-electron chi connectivity index (χ4n) is 3.31. The summed E-state index contributed by atoms with van der Waals surface area (Å²) in [5.74, 6) is 0. The molecule has 0 heterocycles. The average Bonchev–Trinajstić information content (AvgIpc) is 2.61. The smallest absolute Gasteiger partial charge is 0.0224 e. The van der Waals surface area contributed by atoms with Crippen LogP contribution in [0.2, 0.25) is 0 Å². The van der Waals surface area contributed by atoms with Crippen molar-refractivity contribution in [3.05, 3.63) is 71.8 Å². The molecule has 0 saturated heterocycles. The largest absolute Gasteiger partial charge is 0.308 e. The fraction of sp³-hybridized carbons (Fsp3) is 0.400. The Labute approximate surface area is 158 Å². The van der Waals surface area contributed by atoms with Crippen LogP contribution in [0.25, 0.3) is 0 Å². The Bertz CT molecular complexity index is 497. The van der Waals surface area contributed by atoms with Crippen LogP contribution in [0.1, 0.15) is 36.8 Å². The predicted molar refractivity (Wildman–Crippen MR) is 107 cm³/mol. The van der Waals surface area contributed by atoms with Crippen molar-refractivity contribution in [2.75, 3.05) is 0 Å². The average molecular weight is 367 g/mol. The zero-order chi connectivity index (χ0) is 15.0. The van der Waals surface area contributed by atoms with Gasteiger partial charge in [0.25, 0.3) is 0 Å². The van der Waals surface area contributed by atoms with Gasteiger partial charge in [0.2, 0.25) is 0 Å². The van der Waals surface area contributed by atoms with Gasteiger partial charge in [-0.25, -0.2) is 0 Å². The molecule has 2 atom stereocenters. The molecule has 132 valence electrons. The summed E-state index contributed by atoms with van der Waals surface area (Å²) in [4.78, 5) is 0. The van der Waals surface area contributed by atoms with Crippen LogP contribution in [0.5, 0.6) is 0 Å². The molecular formula is C20H28Cl2N2. The van der Waals surface area contributed by atoms with E-state index in [1.807, 2.05) is 0 Å². The van der Waals surface area contributed by atoms with Crippen LogP contribution in [0.4, 0.5) is 0 Å². The summed E-state index contributed by atoms with van der Waals surface area (Å²) < 4.78 is 0. The van der Waals surface area contributed by atoms with E-state index >= 15 is 0 Å². The zero-order valence-electron chi connectivity index (χ0n) is 14.0. The molecule has 2 nitrogen and oxygen atoms in total. The van der Waals surface area contributed by atoms with E-state index in [0.29, 0.717) is 12.1 Å². The molecule has 1 saturated carbocycles. The second kappa shape index (κ2) is 11.5. The van der Waals surface area contributed by atoms with E-state index in [4.69, 9.17) is 0 Å². The Kier molecular flexibility index (Phi) is 10.0. The molecule has 0 aromatic heterocycles. The van der Waals surface area contributed by atoms with Crippen LogP contribution in [-0.4, -0.2) is 12.1 Å². The van der Waals surface area contributed by atoms with Crippen molar-refractivity contribution in [1.29, 1.82) is 0 Å². The van der Waals surface area contributed by atoms with Gasteiger partial charge in [-0.15, -0.1) is 24.8 Å². The monoisotopic (exact) mass is 366 g/mol. The van der Waals surface area contributed by atoms with Gasteiger partial charge in [0, 0.05) is 25.2 Å². The van der Waals surface area contributed by atoms with Gasteiger partial charge in [-0.3, -0.25) is 0 Å². The first-order chi connectivity index (χ1) is 10.9.